The molecule has 0 radical (unpaired) electrons. The third-order valence-electron chi connectivity index (χ3n) is 3.36. The molecule has 0 spiro atoms. The topological polar surface area (TPSA) is 60.4 Å². The second-order valence-electron chi connectivity index (χ2n) is 6.09. The summed E-state index contributed by atoms with van der Waals surface area (Å²) in [4.78, 5) is 11.7. The molecule has 1 fully saturated rings. The van der Waals surface area contributed by atoms with Crippen LogP contribution in [0.1, 0.15) is 40.0 Å². The van der Waals surface area contributed by atoms with Crippen molar-refractivity contribution in [3.63, 3.8) is 0 Å². The average molecular weight is 350 g/mol. The van der Waals surface area contributed by atoms with E-state index in [2.05, 4.69) is 3.63 Å². The van der Waals surface area contributed by atoms with E-state index in [1.807, 2.05) is 13.8 Å². The third-order valence-corrected chi connectivity index (χ3v) is 8.99. The number of halogens is 3. The van der Waals surface area contributed by atoms with Gasteiger partial charge in [-0.3, -0.25) is 4.79 Å². The number of alkyl halides is 3. The zero-order chi connectivity index (χ0) is 16.5. The van der Waals surface area contributed by atoms with E-state index in [1.54, 1.807) is 6.92 Å². The van der Waals surface area contributed by atoms with Gasteiger partial charge in [0, 0.05) is 17.9 Å². The summed E-state index contributed by atoms with van der Waals surface area (Å²) in [5.74, 6) is -0.0686. The molecular weight excluding hydrogens is 329 g/mol. The fourth-order valence-corrected chi connectivity index (χ4v) is 8.41. The summed E-state index contributed by atoms with van der Waals surface area (Å²) in [6.45, 7) is 5.31. The van der Waals surface area contributed by atoms with Crippen LogP contribution in [0.25, 0.3) is 0 Å². The molecule has 0 aromatic carbocycles. The maximum atomic E-state index is 12.6. The lowest BCUT2D eigenvalue weighted by atomic mass is 9.90. The van der Waals surface area contributed by atoms with E-state index in [0.717, 1.165) is 6.42 Å². The fraction of sp³-hybridized carbons (Fsp3) is 0.917. The molecule has 1 heterocycles. The van der Waals surface area contributed by atoms with E-state index in [0.29, 0.717) is 6.42 Å². The largest absolute Gasteiger partial charge is 0.523 e. The Labute approximate surface area is 125 Å². The van der Waals surface area contributed by atoms with E-state index in [1.165, 1.54) is 0 Å². The molecule has 4 nitrogen and oxygen atoms in total. The Morgan fingerprint density at radius 1 is 1.33 bits per heavy atom. The van der Waals surface area contributed by atoms with Gasteiger partial charge < -0.3 is 0 Å². The molecule has 0 saturated carbocycles. The van der Waals surface area contributed by atoms with Gasteiger partial charge in [0.25, 0.3) is 0 Å². The Hall–Kier alpha value is -0.280. The highest BCUT2D eigenvalue weighted by Gasteiger charge is 2.52. The Balaban J connectivity index is 3.12. The van der Waals surface area contributed by atoms with Crippen molar-refractivity contribution >= 4 is 26.2 Å². The van der Waals surface area contributed by atoms with Gasteiger partial charge in [-0.15, -0.1) is 10.3 Å². The fourth-order valence-electron chi connectivity index (χ4n) is 2.50. The first-order valence-corrected chi connectivity index (χ1v) is 10.1. The Morgan fingerprint density at radius 2 is 1.90 bits per heavy atom. The van der Waals surface area contributed by atoms with Crippen LogP contribution in [0.3, 0.4) is 0 Å². The number of ketones is 1. The summed E-state index contributed by atoms with van der Waals surface area (Å²) >= 11 is 0. The first-order chi connectivity index (χ1) is 9.33. The Bertz CT molecular complexity index is 499. The molecule has 126 valence electrons. The van der Waals surface area contributed by atoms with Gasteiger partial charge in [0.15, 0.2) is 0 Å². The van der Waals surface area contributed by atoms with Gasteiger partial charge in [-0.05, 0) is 18.3 Å². The van der Waals surface area contributed by atoms with Crippen LogP contribution in [0.2, 0.25) is 0 Å². The molecule has 1 aliphatic heterocycles. The van der Waals surface area contributed by atoms with E-state index < -0.39 is 25.9 Å². The molecule has 1 aliphatic rings. The molecule has 1 rings (SSSR count). The molecule has 0 aromatic heterocycles. The van der Waals surface area contributed by atoms with Gasteiger partial charge in [-0.1, -0.05) is 20.8 Å². The summed E-state index contributed by atoms with van der Waals surface area (Å²) in [7, 11) is -8.29. The molecule has 0 N–H and O–H groups in total. The number of hydrogen-bond acceptors (Lipinski definition) is 4. The number of hydrogen-bond donors (Lipinski definition) is 0. The summed E-state index contributed by atoms with van der Waals surface area (Å²) in [5.41, 5.74) is -5.79. The van der Waals surface area contributed by atoms with Gasteiger partial charge in [0.05, 0.1) is 5.75 Å². The lowest BCUT2D eigenvalue weighted by molar-refractivity contribution is -0.116. The summed E-state index contributed by atoms with van der Waals surface area (Å²) in [5, 5.41) is 0. The highest BCUT2D eigenvalue weighted by molar-refractivity contribution is 8.33. The molecular formula is C12H21F3O4S2. The van der Waals surface area contributed by atoms with Crippen LogP contribution in [0.4, 0.5) is 13.2 Å². The van der Waals surface area contributed by atoms with E-state index >= 15 is 0 Å². The molecule has 1 saturated heterocycles. The zero-order valence-corrected chi connectivity index (χ0v) is 14.0. The summed E-state index contributed by atoms with van der Waals surface area (Å²) in [6, 6.07) is 0. The molecule has 9 heteroatoms. The minimum atomic E-state index is -5.68. The number of carbonyl (C=O) groups is 1. The van der Waals surface area contributed by atoms with Crippen molar-refractivity contribution in [3.05, 3.63) is 0 Å². The average Bonchev–Trinajstić information content (AvgIpc) is 2.24. The standard InChI is InChI=1S/C12H21F3O4S2/c1-4-10(16)8-20(7-5-6-11(2,3)9-20)19-21(17,18)12(13,14)15/h4-9H2,1-3H3. The highest BCUT2D eigenvalue weighted by Crippen LogP contribution is 2.60. The van der Waals surface area contributed by atoms with Crippen molar-refractivity contribution in [1.82, 2.24) is 0 Å². The SMILES string of the molecule is CCC(=O)CS1(OS(=O)(=O)C(F)(F)F)CCCC(C)(C)C1. The molecule has 1 unspecified atom stereocenters. The van der Waals surface area contributed by atoms with Crippen molar-refractivity contribution in [1.29, 1.82) is 0 Å². The monoisotopic (exact) mass is 350 g/mol. The Morgan fingerprint density at radius 3 is 2.33 bits per heavy atom. The van der Waals surface area contributed by atoms with E-state index in [4.69, 9.17) is 0 Å². The predicted molar refractivity (Wildman–Crippen MR) is 76.6 cm³/mol. The van der Waals surface area contributed by atoms with Crippen molar-refractivity contribution < 1.29 is 30.0 Å². The third kappa shape index (κ3) is 4.85. The predicted octanol–water partition coefficient (Wildman–Crippen LogP) is 3.37. The van der Waals surface area contributed by atoms with Gasteiger partial charge in [-0.25, -0.2) is 3.63 Å². The lowest BCUT2D eigenvalue weighted by Crippen LogP contribution is -2.38. The number of Topliss-reactive ketones (excluding diaryl/α,β-unsaturated/α-hetero) is 1. The van der Waals surface area contributed by atoms with Crippen LogP contribution in [0, 0.1) is 5.41 Å². The second kappa shape index (κ2) is 6.08. The molecule has 0 aromatic rings. The minimum Gasteiger partial charge on any atom is -0.299 e. The van der Waals surface area contributed by atoms with Crippen molar-refractivity contribution in [2.45, 2.75) is 45.5 Å². The summed E-state index contributed by atoms with van der Waals surface area (Å²) in [6.07, 6.45) is 1.49. The van der Waals surface area contributed by atoms with Crippen molar-refractivity contribution in [3.8, 4) is 0 Å². The quantitative estimate of drug-likeness (QED) is 0.713. The van der Waals surface area contributed by atoms with Crippen LogP contribution in [-0.4, -0.2) is 37.0 Å². The number of rotatable bonds is 5. The van der Waals surface area contributed by atoms with Crippen LogP contribution in [0.15, 0.2) is 0 Å². The molecule has 21 heavy (non-hydrogen) atoms. The minimum absolute atomic E-state index is 0.157. The normalized spacial score (nSPS) is 29.6. The molecule has 1 atom stereocenters. The van der Waals surface area contributed by atoms with Crippen LogP contribution >= 0.6 is 10.3 Å². The molecule has 0 bridgehead atoms. The molecule has 0 aliphatic carbocycles. The first-order valence-electron chi connectivity index (χ1n) is 6.63. The van der Waals surface area contributed by atoms with Gasteiger partial charge in [0.2, 0.25) is 0 Å². The van der Waals surface area contributed by atoms with Crippen LogP contribution < -0.4 is 0 Å². The maximum Gasteiger partial charge on any atom is 0.523 e. The van der Waals surface area contributed by atoms with Gasteiger partial charge in [0.1, 0.15) is 5.78 Å². The smallest absolute Gasteiger partial charge is 0.299 e. The molecule has 0 amide bonds. The van der Waals surface area contributed by atoms with Gasteiger partial charge in [-0.2, -0.15) is 21.6 Å². The second-order valence-corrected chi connectivity index (χ2v) is 10.9. The van der Waals surface area contributed by atoms with Gasteiger partial charge >= 0.3 is 15.6 Å². The summed E-state index contributed by atoms with van der Waals surface area (Å²) < 4.78 is 65.1. The highest BCUT2D eigenvalue weighted by atomic mass is 32.3. The van der Waals surface area contributed by atoms with E-state index in [-0.39, 0.29) is 34.9 Å². The maximum absolute atomic E-state index is 12.6. The van der Waals surface area contributed by atoms with E-state index in [9.17, 15) is 26.4 Å². The number of carbonyl (C=O) groups excluding carboxylic acids is 1. The van der Waals surface area contributed by atoms with Crippen molar-refractivity contribution in [2.75, 3.05) is 17.3 Å². The zero-order valence-electron chi connectivity index (χ0n) is 12.3. The lowest BCUT2D eigenvalue weighted by Gasteiger charge is -2.47. The first kappa shape index (κ1) is 18.8. The van der Waals surface area contributed by atoms with Crippen molar-refractivity contribution in [2.24, 2.45) is 5.41 Å². The van der Waals surface area contributed by atoms with Crippen LogP contribution in [-0.2, 0) is 18.5 Å². The Kier molecular flexibility index (Phi) is 5.43. The van der Waals surface area contributed by atoms with Crippen LogP contribution in [0.5, 0.6) is 0 Å².